The molecular formula is C11H26N2. The van der Waals surface area contributed by atoms with E-state index in [-0.39, 0.29) is 0 Å². The maximum absolute atomic E-state index is 5.69. The highest BCUT2D eigenvalue weighted by molar-refractivity contribution is 4.72. The van der Waals surface area contributed by atoms with Crippen LogP contribution < -0.4 is 11.5 Å². The smallest absolute Gasteiger partial charge is 0.00257 e. The lowest BCUT2D eigenvalue weighted by Gasteiger charge is -2.26. The highest BCUT2D eigenvalue weighted by Crippen LogP contribution is 2.26. The van der Waals surface area contributed by atoms with E-state index in [0.717, 1.165) is 25.4 Å². The van der Waals surface area contributed by atoms with E-state index in [1.54, 1.807) is 0 Å². The summed E-state index contributed by atoms with van der Waals surface area (Å²) < 4.78 is 0. The third-order valence-corrected chi connectivity index (χ3v) is 2.60. The van der Waals surface area contributed by atoms with Gasteiger partial charge in [-0.25, -0.2) is 0 Å². The molecule has 0 aromatic heterocycles. The average molecular weight is 186 g/mol. The molecule has 0 amide bonds. The zero-order chi connectivity index (χ0) is 10.3. The summed E-state index contributed by atoms with van der Waals surface area (Å²) in [6.45, 7) is 8.41. The first-order valence-corrected chi connectivity index (χ1v) is 5.42. The summed E-state index contributed by atoms with van der Waals surface area (Å²) in [6, 6.07) is 0. The highest BCUT2D eigenvalue weighted by atomic mass is 14.6. The van der Waals surface area contributed by atoms with Crippen LogP contribution in [-0.2, 0) is 0 Å². The fourth-order valence-electron chi connectivity index (χ4n) is 1.77. The van der Waals surface area contributed by atoms with Crippen molar-refractivity contribution in [3.63, 3.8) is 0 Å². The maximum atomic E-state index is 5.69. The molecule has 0 heterocycles. The molecule has 0 spiro atoms. The van der Waals surface area contributed by atoms with Crippen LogP contribution in [0.1, 0.15) is 46.5 Å². The van der Waals surface area contributed by atoms with Crippen molar-refractivity contribution in [1.82, 2.24) is 0 Å². The van der Waals surface area contributed by atoms with Gasteiger partial charge in [-0.1, -0.05) is 33.6 Å². The molecule has 80 valence electrons. The molecule has 0 saturated heterocycles. The summed E-state index contributed by atoms with van der Waals surface area (Å²) in [7, 11) is 0. The molecule has 1 unspecified atom stereocenters. The van der Waals surface area contributed by atoms with Crippen molar-refractivity contribution in [2.45, 2.75) is 46.5 Å². The van der Waals surface area contributed by atoms with Gasteiger partial charge in [0.1, 0.15) is 0 Å². The van der Waals surface area contributed by atoms with Gasteiger partial charge >= 0.3 is 0 Å². The largest absolute Gasteiger partial charge is 0.330 e. The number of hydrogen-bond acceptors (Lipinski definition) is 2. The maximum Gasteiger partial charge on any atom is -0.00257 e. The third-order valence-electron chi connectivity index (χ3n) is 2.60. The molecule has 0 aliphatic carbocycles. The lowest BCUT2D eigenvalue weighted by atomic mass is 9.82. The molecule has 4 N–H and O–H groups in total. The molecule has 2 nitrogen and oxygen atoms in total. The van der Waals surface area contributed by atoms with Crippen molar-refractivity contribution in [2.75, 3.05) is 13.1 Å². The summed E-state index contributed by atoms with van der Waals surface area (Å²) in [5, 5.41) is 0. The Morgan fingerprint density at radius 3 is 2.23 bits per heavy atom. The van der Waals surface area contributed by atoms with E-state index in [0.29, 0.717) is 5.41 Å². The van der Waals surface area contributed by atoms with E-state index in [9.17, 15) is 0 Å². The van der Waals surface area contributed by atoms with Gasteiger partial charge in [0, 0.05) is 0 Å². The monoisotopic (exact) mass is 186 g/mol. The summed E-state index contributed by atoms with van der Waals surface area (Å²) in [5.41, 5.74) is 11.4. The van der Waals surface area contributed by atoms with Gasteiger partial charge in [-0.3, -0.25) is 0 Å². The topological polar surface area (TPSA) is 52.0 Å². The van der Waals surface area contributed by atoms with E-state index in [1.807, 2.05) is 0 Å². The molecule has 0 aliphatic rings. The number of rotatable bonds is 7. The first-order chi connectivity index (χ1) is 6.02. The predicted molar refractivity (Wildman–Crippen MR) is 59.5 cm³/mol. The third kappa shape index (κ3) is 7.03. The van der Waals surface area contributed by atoms with E-state index < -0.39 is 0 Å². The summed E-state index contributed by atoms with van der Waals surface area (Å²) in [6.07, 6.45) is 4.94. The minimum Gasteiger partial charge on any atom is -0.330 e. The van der Waals surface area contributed by atoms with Crippen LogP contribution in [0.5, 0.6) is 0 Å². The van der Waals surface area contributed by atoms with Gasteiger partial charge in [0.05, 0.1) is 0 Å². The minimum atomic E-state index is 0.308. The van der Waals surface area contributed by atoms with Crippen LogP contribution in [0, 0.1) is 11.3 Å². The Hall–Kier alpha value is -0.0800. The van der Waals surface area contributed by atoms with Gasteiger partial charge in [-0.15, -0.1) is 0 Å². The van der Waals surface area contributed by atoms with E-state index >= 15 is 0 Å². The Morgan fingerprint density at radius 1 is 1.15 bits per heavy atom. The molecule has 0 fully saturated rings. The van der Waals surface area contributed by atoms with Gasteiger partial charge < -0.3 is 11.5 Å². The van der Waals surface area contributed by atoms with Gasteiger partial charge in [0.2, 0.25) is 0 Å². The molecule has 0 aliphatic heterocycles. The first kappa shape index (κ1) is 12.9. The highest BCUT2D eigenvalue weighted by Gasteiger charge is 2.18. The van der Waals surface area contributed by atoms with Crippen LogP contribution >= 0.6 is 0 Å². The van der Waals surface area contributed by atoms with Crippen LogP contribution in [0.4, 0.5) is 0 Å². The molecule has 0 aromatic rings. The van der Waals surface area contributed by atoms with Crippen molar-refractivity contribution < 1.29 is 0 Å². The molecule has 0 radical (unpaired) electrons. The van der Waals surface area contributed by atoms with Gasteiger partial charge in [-0.2, -0.15) is 0 Å². The lowest BCUT2D eigenvalue weighted by Crippen LogP contribution is -2.25. The Bertz CT molecular complexity index is 121. The van der Waals surface area contributed by atoms with Crippen LogP contribution in [0.2, 0.25) is 0 Å². The quantitative estimate of drug-likeness (QED) is 0.598. The van der Waals surface area contributed by atoms with Crippen LogP contribution in [0.3, 0.4) is 0 Å². The van der Waals surface area contributed by atoms with Gasteiger partial charge in [-0.05, 0) is 37.3 Å². The average Bonchev–Trinajstić information content (AvgIpc) is 2.04. The Morgan fingerprint density at radius 2 is 1.77 bits per heavy atom. The van der Waals surface area contributed by atoms with Gasteiger partial charge in [0.25, 0.3) is 0 Å². The van der Waals surface area contributed by atoms with Crippen molar-refractivity contribution in [3.8, 4) is 0 Å². The van der Waals surface area contributed by atoms with Crippen molar-refractivity contribution in [3.05, 3.63) is 0 Å². The summed E-state index contributed by atoms with van der Waals surface area (Å²) >= 11 is 0. The molecule has 0 aromatic carbocycles. The summed E-state index contributed by atoms with van der Waals surface area (Å²) in [5.74, 6) is 0.782. The first-order valence-electron chi connectivity index (χ1n) is 5.42. The van der Waals surface area contributed by atoms with E-state index in [4.69, 9.17) is 11.5 Å². The Labute approximate surface area is 83.1 Å². The number of unbranched alkanes of at least 4 members (excludes halogenated alkanes) is 1. The number of hydrogen-bond donors (Lipinski definition) is 2. The molecule has 0 rings (SSSR count). The zero-order valence-corrected chi connectivity index (χ0v) is 9.47. The van der Waals surface area contributed by atoms with E-state index in [2.05, 4.69) is 20.8 Å². The van der Waals surface area contributed by atoms with Crippen LogP contribution in [0.15, 0.2) is 0 Å². The fourth-order valence-corrected chi connectivity index (χ4v) is 1.77. The SMILES string of the molecule is CC(CCCCN)CC(C)(C)CN. The normalized spacial score (nSPS) is 14.5. The van der Waals surface area contributed by atoms with Crippen molar-refractivity contribution in [2.24, 2.45) is 22.8 Å². The van der Waals surface area contributed by atoms with Crippen LogP contribution in [0.25, 0.3) is 0 Å². The molecule has 13 heavy (non-hydrogen) atoms. The molecule has 0 saturated carbocycles. The second-order valence-corrected chi connectivity index (χ2v) is 4.96. The lowest BCUT2D eigenvalue weighted by molar-refractivity contribution is 0.274. The minimum absolute atomic E-state index is 0.308. The van der Waals surface area contributed by atoms with Crippen LogP contribution in [-0.4, -0.2) is 13.1 Å². The second-order valence-electron chi connectivity index (χ2n) is 4.96. The second kappa shape index (κ2) is 6.39. The van der Waals surface area contributed by atoms with E-state index in [1.165, 1.54) is 19.3 Å². The van der Waals surface area contributed by atoms with Crippen molar-refractivity contribution >= 4 is 0 Å². The molecule has 2 heteroatoms. The summed E-state index contributed by atoms with van der Waals surface area (Å²) in [4.78, 5) is 0. The van der Waals surface area contributed by atoms with Crippen molar-refractivity contribution in [1.29, 1.82) is 0 Å². The number of nitrogens with two attached hydrogens (primary N) is 2. The predicted octanol–water partition coefficient (Wildman–Crippen LogP) is 2.13. The molecular weight excluding hydrogens is 160 g/mol. The Balaban J connectivity index is 3.55. The van der Waals surface area contributed by atoms with Gasteiger partial charge in [0.15, 0.2) is 0 Å². The molecule has 0 bridgehead atoms. The Kier molecular flexibility index (Phi) is 6.35. The standard InChI is InChI=1S/C11H26N2/c1-10(6-4-5-7-12)8-11(2,3)9-13/h10H,4-9,12-13H2,1-3H3. The molecule has 1 atom stereocenters. The zero-order valence-electron chi connectivity index (χ0n) is 9.47. The fraction of sp³-hybridized carbons (Fsp3) is 1.00.